The van der Waals surface area contributed by atoms with E-state index in [0.717, 1.165) is 9.13 Å². The summed E-state index contributed by atoms with van der Waals surface area (Å²) in [6, 6.07) is 14.7. The number of hydrogen-bond acceptors (Lipinski definition) is 3. The van der Waals surface area contributed by atoms with Crippen molar-refractivity contribution in [3.63, 3.8) is 0 Å². The molecule has 0 aromatic heterocycles. The molecule has 19 heavy (non-hydrogen) atoms. The number of halogens is 1. The van der Waals surface area contributed by atoms with E-state index in [1.807, 2.05) is 24.3 Å². The smallest absolute Gasteiger partial charge is 0.273 e. The second-order valence-corrected chi connectivity index (χ2v) is 5.09. The molecule has 5 heteroatoms. The third-order valence-corrected chi connectivity index (χ3v) is 3.10. The highest BCUT2D eigenvalue weighted by molar-refractivity contribution is 14.1. The third kappa shape index (κ3) is 3.78. The summed E-state index contributed by atoms with van der Waals surface area (Å²) in [5, 5.41) is 3.92. The Balaban J connectivity index is 2.03. The molecule has 0 unspecified atom stereocenters. The van der Waals surface area contributed by atoms with Gasteiger partial charge in [0.1, 0.15) is 0 Å². The zero-order valence-corrected chi connectivity index (χ0v) is 12.2. The maximum absolute atomic E-state index is 11.8. The molecule has 2 aromatic carbocycles. The van der Waals surface area contributed by atoms with Crippen molar-refractivity contribution < 1.29 is 4.79 Å². The Morgan fingerprint density at radius 3 is 2.74 bits per heavy atom. The first-order chi connectivity index (χ1) is 9.16. The standard InChI is InChI=1S/C14H12IN3O/c15-11-5-3-4-10(8-11)9-17-18-14(19)12-6-1-2-7-13(12)16/h1-9H,16H2,(H,18,19)/b17-9-. The summed E-state index contributed by atoms with van der Waals surface area (Å²) in [6.07, 6.45) is 1.60. The van der Waals surface area contributed by atoms with Crippen LogP contribution in [0.4, 0.5) is 5.69 Å². The van der Waals surface area contributed by atoms with Crippen LogP contribution in [0, 0.1) is 3.57 Å². The number of rotatable bonds is 3. The lowest BCUT2D eigenvalue weighted by molar-refractivity contribution is 0.0956. The van der Waals surface area contributed by atoms with Crippen LogP contribution in [0.5, 0.6) is 0 Å². The Hall–Kier alpha value is -1.89. The SMILES string of the molecule is Nc1ccccc1C(=O)N/N=C\c1cccc(I)c1. The quantitative estimate of drug-likeness (QED) is 0.380. The van der Waals surface area contributed by atoms with E-state index in [2.05, 4.69) is 33.1 Å². The van der Waals surface area contributed by atoms with Gasteiger partial charge in [-0.3, -0.25) is 4.79 Å². The number of nitrogens with two attached hydrogens (primary N) is 1. The van der Waals surface area contributed by atoms with Gasteiger partial charge in [-0.15, -0.1) is 0 Å². The molecule has 0 aliphatic rings. The Kier molecular flexibility index (Phi) is 4.51. The first-order valence-corrected chi connectivity index (χ1v) is 6.68. The Morgan fingerprint density at radius 1 is 1.21 bits per heavy atom. The van der Waals surface area contributed by atoms with Gasteiger partial charge in [-0.1, -0.05) is 24.3 Å². The van der Waals surface area contributed by atoms with Crippen molar-refractivity contribution in [2.45, 2.75) is 0 Å². The van der Waals surface area contributed by atoms with E-state index in [9.17, 15) is 4.79 Å². The van der Waals surface area contributed by atoms with Crippen molar-refractivity contribution in [3.8, 4) is 0 Å². The normalized spacial score (nSPS) is 10.6. The molecular formula is C14H12IN3O. The highest BCUT2D eigenvalue weighted by atomic mass is 127. The molecule has 0 heterocycles. The van der Waals surface area contributed by atoms with Crippen LogP contribution in [0.2, 0.25) is 0 Å². The number of carbonyl (C=O) groups excluding carboxylic acids is 1. The summed E-state index contributed by atoms with van der Waals surface area (Å²) in [5.74, 6) is -0.319. The average Bonchev–Trinajstić information content (AvgIpc) is 2.39. The second-order valence-electron chi connectivity index (χ2n) is 3.84. The number of benzene rings is 2. The average molecular weight is 365 g/mol. The summed E-state index contributed by atoms with van der Waals surface area (Å²) in [5.41, 5.74) is 9.94. The van der Waals surface area contributed by atoms with Gasteiger partial charge >= 0.3 is 0 Å². The summed E-state index contributed by atoms with van der Waals surface area (Å²) < 4.78 is 1.11. The summed E-state index contributed by atoms with van der Waals surface area (Å²) in [4.78, 5) is 11.8. The summed E-state index contributed by atoms with van der Waals surface area (Å²) in [6.45, 7) is 0. The van der Waals surface area contributed by atoms with E-state index in [0.29, 0.717) is 11.3 Å². The number of nitrogens with zero attached hydrogens (tertiary/aromatic N) is 1. The minimum atomic E-state index is -0.319. The molecule has 1 amide bonds. The summed E-state index contributed by atoms with van der Waals surface area (Å²) >= 11 is 2.22. The van der Waals surface area contributed by atoms with E-state index in [-0.39, 0.29) is 5.91 Å². The van der Waals surface area contributed by atoms with Crippen LogP contribution in [0.1, 0.15) is 15.9 Å². The Morgan fingerprint density at radius 2 is 2.00 bits per heavy atom. The Labute approximate surface area is 124 Å². The molecule has 2 rings (SSSR count). The molecule has 3 N–H and O–H groups in total. The van der Waals surface area contributed by atoms with Crippen molar-refractivity contribution in [2.24, 2.45) is 5.10 Å². The molecule has 0 spiro atoms. The minimum Gasteiger partial charge on any atom is -0.398 e. The van der Waals surface area contributed by atoms with Gasteiger partial charge in [0.05, 0.1) is 11.8 Å². The van der Waals surface area contributed by atoms with Gasteiger partial charge < -0.3 is 5.73 Å². The zero-order valence-electron chi connectivity index (χ0n) is 10.0. The van der Waals surface area contributed by atoms with Gasteiger partial charge in [0.15, 0.2) is 0 Å². The molecule has 0 bridgehead atoms. The number of para-hydroxylation sites is 1. The van der Waals surface area contributed by atoms with Crippen LogP contribution in [0.3, 0.4) is 0 Å². The number of hydrazone groups is 1. The van der Waals surface area contributed by atoms with Crippen LogP contribution < -0.4 is 11.2 Å². The van der Waals surface area contributed by atoms with Crippen molar-refractivity contribution in [2.75, 3.05) is 5.73 Å². The van der Waals surface area contributed by atoms with Gasteiger partial charge in [0.2, 0.25) is 0 Å². The van der Waals surface area contributed by atoms with E-state index in [1.54, 1.807) is 30.5 Å². The van der Waals surface area contributed by atoms with Crippen LogP contribution in [-0.2, 0) is 0 Å². The van der Waals surface area contributed by atoms with Crippen LogP contribution in [0.25, 0.3) is 0 Å². The molecule has 0 radical (unpaired) electrons. The fourth-order valence-corrected chi connectivity index (χ4v) is 2.08. The van der Waals surface area contributed by atoms with Gasteiger partial charge in [0.25, 0.3) is 5.91 Å². The molecule has 2 aromatic rings. The van der Waals surface area contributed by atoms with Crippen molar-refractivity contribution in [1.82, 2.24) is 5.43 Å². The molecule has 0 fully saturated rings. The van der Waals surface area contributed by atoms with Crippen molar-refractivity contribution in [1.29, 1.82) is 0 Å². The van der Waals surface area contributed by atoms with Gasteiger partial charge in [-0.25, -0.2) is 5.43 Å². The zero-order chi connectivity index (χ0) is 13.7. The molecule has 0 saturated carbocycles. The van der Waals surface area contributed by atoms with E-state index in [1.165, 1.54) is 0 Å². The lowest BCUT2D eigenvalue weighted by Gasteiger charge is -2.02. The maximum atomic E-state index is 11.8. The first kappa shape index (κ1) is 13.5. The number of amides is 1. The topological polar surface area (TPSA) is 67.5 Å². The summed E-state index contributed by atoms with van der Waals surface area (Å²) in [7, 11) is 0. The molecule has 0 aliphatic carbocycles. The second kappa shape index (κ2) is 6.33. The van der Waals surface area contributed by atoms with Gasteiger partial charge in [-0.05, 0) is 52.4 Å². The number of anilines is 1. The highest BCUT2D eigenvalue weighted by Crippen LogP contribution is 2.10. The highest BCUT2D eigenvalue weighted by Gasteiger charge is 2.06. The molecule has 0 aliphatic heterocycles. The molecule has 0 saturated heterocycles. The number of carbonyl (C=O) groups is 1. The number of hydrogen-bond donors (Lipinski definition) is 2. The van der Waals surface area contributed by atoms with Crippen LogP contribution in [-0.4, -0.2) is 12.1 Å². The lowest BCUT2D eigenvalue weighted by atomic mass is 10.2. The fraction of sp³-hybridized carbons (Fsp3) is 0. The monoisotopic (exact) mass is 365 g/mol. The van der Waals surface area contributed by atoms with Gasteiger partial charge in [0, 0.05) is 9.26 Å². The van der Waals surface area contributed by atoms with E-state index >= 15 is 0 Å². The van der Waals surface area contributed by atoms with Crippen LogP contribution >= 0.6 is 22.6 Å². The molecule has 0 atom stereocenters. The van der Waals surface area contributed by atoms with E-state index < -0.39 is 0 Å². The van der Waals surface area contributed by atoms with Gasteiger partial charge in [-0.2, -0.15) is 5.10 Å². The van der Waals surface area contributed by atoms with E-state index in [4.69, 9.17) is 5.73 Å². The minimum absolute atomic E-state index is 0.319. The maximum Gasteiger partial charge on any atom is 0.273 e. The molecule has 4 nitrogen and oxygen atoms in total. The predicted molar refractivity (Wildman–Crippen MR) is 85.1 cm³/mol. The van der Waals surface area contributed by atoms with Crippen LogP contribution in [0.15, 0.2) is 53.6 Å². The number of nitrogens with one attached hydrogen (secondary N) is 1. The fourth-order valence-electron chi connectivity index (χ4n) is 1.52. The third-order valence-electron chi connectivity index (χ3n) is 2.43. The molecular weight excluding hydrogens is 353 g/mol. The lowest BCUT2D eigenvalue weighted by Crippen LogP contribution is -2.18. The van der Waals surface area contributed by atoms with Crippen molar-refractivity contribution >= 4 is 40.4 Å². The number of nitrogen functional groups attached to an aromatic ring is 1. The van der Waals surface area contributed by atoms with Crippen molar-refractivity contribution in [3.05, 3.63) is 63.2 Å². The molecule has 96 valence electrons. The predicted octanol–water partition coefficient (Wildman–Crippen LogP) is 2.64. The largest absolute Gasteiger partial charge is 0.398 e. The Bertz CT molecular complexity index is 626. The first-order valence-electron chi connectivity index (χ1n) is 5.60.